The number of aromatic nitrogens is 3. The molecule has 110 valence electrons. The van der Waals surface area contributed by atoms with Crippen molar-refractivity contribution in [2.75, 3.05) is 13.6 Å². The molecular weight excluding hydrogens is 290 g/mol. The highest BCUT2D eigenvalue weighted by Crippen LogP contribution is 2.36. The highest BCUT2D eigenvalue weighted by atomic mass is 32.1. The number of hydrogen-bond donors (Lipinski definition) is 2. The van der Waals surface area contributed by atoms with Crippen molar-refractivity contribution in [2.45, 2.75) is 18.9 Å². The van der Waals surface area contributed by atoms with E-state index in [1.165, 1.54) is 17.5 Å². The number of likely N-dealkylation sites (tertiary alicyclic amines) is 1. The molecule has 0 aliphatic carbocycles. The monoisotopic (exact) mass is 305 g/mol. The first-order valence-electron chi connectivity index (χ1n) is 6.69. The van der Waals surface area contributed by atoms with Gasteiger partial charge in [0.15, 0.2) is 5.69 Å². The molecule has 21 heavy (non-hydrogen) atoms. The van der Waals surface area contributed by atoms with E-state index in [0.29, 0.717) is 17.1 Å². The van der Waals surface area contributed by atoms with Gasteiger partial charge in [0.05, 0.1) is 17.1 Å². The van der Waals surface area contributed by atoms with Crippen LogP contribution in [0.15, 0.2) is 18.3 Å². The zero-order valence-electron chi connectivity index (χ0n) is 11.5. The number of nitrogens with zero attached hydrogens (tertiary/aromatic N) is 3. The third kappa shape index (κ3) is 2.54. The lowest BCUT2D eigenvalue weighted by molar-refractivity contribution is 0.0731. The molecule has 0 aromatic carbocycles. The average Bonchev–Trinajstić information content (AvgIpc) is 3.25. The van der Waals surface area contributed by atoms with E-state index in [1.54, 1.807) is 18.0 Å². The lowest BCUT2D eigenvalue weighted by Gasteiger charge is -2.22. The number of thiophene rings is 1. The first-order chi connectivity index (χ1) is 10.2. The molecular formula is C13H15N5O2S. The van der Waals surface area contributed by atoms with Gasteiger partial charge >= 0.3 is 0 Å². The SMILES string of the molecule is CNC(=O)c1ccc([C@@H]2CCCN2C(=O)c2cn[nH]n2)s1. The van der Waals surface area contributed by atoms with Crippen molar-refractivity contribution >= 4 is 23.2 Å². The summed E-state index contributed by atoms with van der Waals surface area (Å²) in [6.45, 7) is 0.698. The number of carbonyl (C=O) groups excluding carboxylic acids is 2. The molecule has 0 spiro atoms. The molecule has 1 saturated heterocycles. The minimum atomic E-state index is -0.124. The van der Waals surface area contributed by atoms with Crippen molar-refractivity contribution in [3.63, 3.8) is 0 Å². The van der Waals surface area contributed by atoms with E-state index in [-0.39, 0.29) is 17.9 Å². The van der Waals surface area contributed by atoms with Gasteiger partial charge in [-0.2, -0.15) is 15.4 Å². The zero-order chi connectivity index (χ0) is 14.8. The largest absolute Gasteiger partial charge is 0.354 e. The molecule has 0 saturated carbocycles. The van der Waals surface area contributed by atoms with Crippen LogP contribution in [0.4, 0.5) is 0 Å². The second kappa shape index (κ2) is 5.65. The summed E-state index contributed by atoms with van der Waals surface area (Å²) < 4.78 is 0. The molecule has 0 radical (unpaired) electrons. The van der Waals surface area contributed by atoms with Crippen molar-refractivity contribution < 1.29 is 9.59 Å². The first kappa shape index (κ1) is 13.7. The molecule has 8 heteroatoms. The predicted octanol–water partition coefficient (Wildman–Crippen LogP) is 1.20. The van der Waals surface area contributed by atoms with E-state index in [1.807, 2.05) is 6.07 Å². The molecule has 2 aromatic rings. The van der Waals surface area contributed by atoms with Crippen LogP contribution in [0.2, 0.25) is 0 Å². The molecule has 2 aromatic heterocycles. The van der Waals surface area contributed by atoms with Gasteiger partial charge < -0.3 is 10.2 Å². The Morgan fingerprint density at radius 1 is 1.48 bits per heavy atom. The number of rotatable bonds is 3. The summed E-state index contributed by atoms with van der Waals surface area (Å²) in [5.74, 6) is -0.222. The normalized spacial score (nSPS) is 18.0. The van der Waals surface area contributed by atoms with Gasteiger partial charge in [-0.05, 0) is 25.0 Å². The Morgan fingerprint density at radius 2 is 2.33 bits per heavy atom. The van der Waals surface area contributed by atoms with Crippen LogP contribution >= 0.6 is 11.3 Å². The van der Waals surface area contributed by atoms with Gasteiger partial charge in [0.25, 0.3) is 11.8 Å². The molecule has 1 aliphatic heterocycles. The van der Waals surface area contributed by atoms with Gasteiger partial charge in [0.1, 0.15) is 0 Å². The molecule has 0 bridgehead atoms. The lowest BCUT2D eigenvalue weighted by atomic mass is 10.2. The second-order valence-electron chi connectivity index (χ2n) is 4.79. The van der Waals surface area contributed by atoms with Crippen LogP contribution in [0, 0.1) is 0 Å². The van der Waals surface area contributed by atoms with Gasteiger partial charge in [0.2, 0.25) is 0 Å². The van der Waals surface area contributed by atoms with Crippen molar-refractivity contribution in [1.82, 2.24) is 25.6 Å². The standard InChI is InChI=1S/C13H15N5O2S/c1-14-12(19)11-5-4-10(21-11)9-3-2-6-18(9)13(20)8-7-15-17-16-8/h4-5,7,9H,2-3,6H2,1H3,(H,14,19)(H,15,16,17)/t9-/m0/s1. The Balaban J connectivity index is 1.82. The Morgan fingerprint density at radius 3 is 3.05 bits per heavy atom. The summed E-state index contributed by atoms with van der Waals surface area (Å²) in [5.41, 5.74) is 0.324. The minimum Gasteiger partial charge on any atom is -0.354 e. The second-order valence-corrected chi connectivity index (χ2v) is 5.91. The van der Waals surface area contributed by atoms with Crippen LogP contribution < -0.4 is 5.32 Å². The van der Waals surface area contributed by atoms with E-state index in [9.17, 15) is 9.59 Å². The van der Waals surface area contributed by atoms with Gasteiger partial charge in [-0.25, -0.2) is 0 Å². The molecule has 3 rings (SSSR count). The molecule has 1 fully saturated rings. The maximum Gasteiger partial charge on any atom is 0.276 e. The summed E-state index contributed by atoms with van der Waals surface area (Å²) in [5, 5.41) is 12.6. The fourth-order valence-electron chi connectivity index (χ4n) is 2.53. The average molecular weight is 305 g/mol. The van der Waals surface area contributed by atoms with E-state index in [4.69, 9.17) is 0 Å². The zero-order valence-corrected chi connectivity index (χ0v) is 12.3. The third-order valence-corrected chi connectivity index (χ3v) is 4.74. The van der Waals surface area contributed by atoms with Crippen molar-refractivity contribution in [3.05, 3.63) is 33.8 Å². The van der Waals surface area contributed by atoms with Crippen LogP contribution in [0.1, 0.15) is 43.9 Å². The lowest BCUT2D eigenvalue weighted by Crippen LogP contribution is -2.30. The number of nitrogens with one attached hydrogen (secondary N) is 2. The number of carbonyl (C=O) groups is 2. The summed E-state index contributed by atoms with van der Waals surface area (Å²) in [6, 6.07) is 3.74. The Labute approximate surface area is 125 Å². The Kier molecular flexibility index (Phi) is 3.70. The summed E-state index contributed by atoms with van der Waals surface area (Å²) >= 11 is 1.43. The number of amides is 2. The van der Waals surface area contributed by atoms with Crippen LogP contribution in [0.5, 0.6) is 0 Å². The van der Waals surface area contributed by atoms with Crippen molar-refractivity contribution in [2.24, 2.45) is 0 Å². The predicted molar refractivity (Wildman–Crippen MR) is 77.1 cm³/mol. The number of hydrogen-bond acceptors (Lipinski definition) is 5. The van der Waals surface area contributed by atoms with Crippen LogP contribution in [0.25, 0.3) is 0 Å². The van der Waals surface area contributed by atoms with E-state index in [2.05, 4.69) is 20.7 Å². The quantitative estimate of drug-likeness (QED) is 0.891. The van der Waals surface area contributed by atoms with E-state index < -0.39 is 0 Å². The highest BCUT2D eigenvalue weighted by molar-refractivity contribution is 7.14. The van der Waals surface area contributed by atoms with Crippen molar-refractivity contribution in [1.29, 1.82) is 0 Å². The fourth-order valence-corrected chi connectivity index (χ4v) is 3.64. The van der Waals surface area contributed by atoms with Gasteiger partial charge in [0, 0.05) is 18.5 Å². The van der Waals surface area contributed by atoms with Gasteiger partial charge in [-0.1, -0.05) is 0 Å². The van der Waals surface area contributed by atoms with E-state index in [0.717, 1.165) is 17.7 Å². The third-order valence-electron chi connectivity index (χ3n) is 3.55. The highest BCUT2D eigenvalue weighted by Gasteiger charge is 2.32. The summed E-state index contributed by atoms with van der Waals surface area (Å²) in [7, 11) is 1.61. The van der Waals surface area contributed by atoms with Gasteiger partial charge in [-0.3, -0.25) is 9.59 Å². The molecule has 7 nitrogen and oxygen atoms in total. The molecule has 1 aliphatic rings. The molecule has 1 atom stereocenters. The fraction of sp³-hybridized carbons (Fsp3) is 0.385. The Bertz CT molecular complexity index is 651. The van der Waals surface area contributed by atoms with Crippen LogP contribution in [-0.2, 0) is 0 Å². The van der Waals surface area contributed by atoms with Crippen LogP contribution in [-0.4, -0.2) is 45.7 Å². The minimum absolute atomic E-state index is 0.0117. The smallest absolute Gasteiger partial charge is 0.276 e. The molecule has 2 N–H and O–H groups in total. The van der Waals surface area contributed by atoms with Crippen molar-refractivity contribution in [3.8, 4) is 0 Å². The number of H-pyrrole nitrogens is 1. The molecule has 3 heterocycles. The first-order valence-corrected chi connectivity index (χ1v) is 7.51. The van der Waals surface area contributed by atoms with Crippen LogP contribution in [0.3, 0.4) is 0 Å². The maximum absolute atomic E-state index is 12.4. The Hall–Kier alpha value is -2.22. The molecule has 0 unspecified atom stereocenters. The topological polar surface area (TPSA) is 91.0 Å². The summed E-state index contributed by atoms with van der Waals surface area (Å²) in [6.07, 6.45) is 3.28. The van der Waals surface area contributed by atoms with Gasteiger partial charge in [-0.15, -0.1) is 11.3 Å². The maximum atomic E-state index is 12.4. The number of aromatic amines is 1. The molecule has 2 amide bonds. The summed E-state index contributed by atoms with van der Waals surface area (Å²) in [4.78, 5) is 27.6. The van der Waals surface area contributed by atoms with E-state index >= 15 is 0 Å².